The van der Waals surface area contributed by atoms with E-state index in [0.29, 0.717) is 13.0 Å². The molecule has 1 amide bonds. The molecule has 0 N–H and O–H groups in total. The van der Waals surface area contributed by atoms with Gasteiger partial charge in [-0.2, -0.15) is 0 Å². The van der Waals surface area contributed by atoms with Crippen LogP contribution in [0.4, 0.5) is 0 Å². The van der Waals surface area contributed by atoms with E-state index in [1.807, 2.05) is 0 Å². The summed E-state index contributed by atoms with van der Waals surface area (Å²) >= 11 is 5.80. The first-order valence-electron chi connectivity index (χ1n) is 3.55. The topological polar surface area (TPSA) is 46.6 Å². The first-order chi connectivity index (χ1) is 5.52. The number of carbonyl (C=O) groups is 2. The van der Waals surface area contributed by atoms with Gasteiger partial charge < -0.3 is 9.64 Å². The van der Waals surface area contributed by atoms with Crippen molar-refractivity contribution in [3.63, 3.8) is 0 Å². The summed E-state index contributed by atoms with van der Waals surface area (Å²) in [6.45, 7) is 0.497. The van der Waals surface area contributed by atoms with E-state index in [4.69, 9.17) is 11.6 Å². The van der Waals surface area contributed by atoms with Crippen LogP contribution in [0.15, 0.2) is 0 Å². The minimum Gasteiger partial charge on any atom is -0.467 e. The Kier molecular flexibility index (Phi) is 2.28. The quantitative estimate of drug-likeness (QED) is 0.333. The number of rotatable bonds is 1. The molecular weight excluding hydrogens is 182 g/mol. The highest BCUT2D eigenvalue weighted by Gasteiger charge is 2.51. The Morgan fingerprint density at radius 2 is 2.33 bits per heavy atom. The largest absolute Gasteiger partial charge is 0.467 e. The van der Waals surface area contributed by atoms with E-state index in [-0.39, 0.29) is 5.91 Å². The lowest BCUT2D eigenvalue weighted by molar-refractivity contribution is -0.148. The number of likely N-dealkylation sites (tertiary alicyclic amines) is 1. The number of nitrogens with zero attached hydrogens (tertiary/aromatic N) is 1. The maximum absolute atomic E-state index is 11.3. The Labute approximate surface area is 75.4 Å². The van der Waals surface area contributed by atoms with Crippen LogP contribution in [-0.2, 0) is 14.3 Å². The molecule has 1 saturated heterocycles. The monoisotopic (exact) mass is 191 g/mol. The lowest BCUT2D eigenvalue weighted by atomic mass is 10.1. The van der Waals surface area contributed by atoms with Gasteiger partial charge in [0.2, 0.25) is 4.87 Å². The summed E-state index contributed by atoms with van der Waals surface area (Å²) < 4.78 is 4.44. The Bertz CT molecular complexity index is 231. The zero-order valence-corrected chi connectivity index (χ0v) is 7.72. The molecule has 1 aliphatic heterocycles. The average Bonchev–Trinajstić information content (AvgIpc) is 2.33. The van der Waals surface area contributed by atoms with Crippen molar-refractivity contribution in [1.29, 1.82) is 0 Å². The van der Waals surface area contributed by atoms with Crippen LogP contribution < -0.4 is 0 Å². The van der Waals surface area contributed by atoms with Crippen molar-refractivity contribution in [2.24, 2.45) is 0 Å². The van der Waals surface area contributed by atoms with Gasteiger partial charge >= 0.3 is 5.97 Å². The van der Waals surface area contributed by atoms with Gasteiger partial charge in [0.25, 0.3) is 5.91 Å². The Morgan fingerprint density at radius 3 is 2.67 bits per heavy atom. The summed E-state index contributed by atoms with van der Waals surface area (Å²) in [4.78, 5) is 22.4. The second kappa shape index (κ2) is 2.94. The Balaban J connectivity index is 2.86. The SMILES string of the molecule is COC(=O)C1(Cl)CCN(C)C1=O. The Hall–Kier alpha value is -0.770. The van der Waals surface area contributed by atoms with E-state index >= 15 is 0 Å². The van der Waals surface area contributed by atoms with Crippen molar-refractivity contribution in [1.82, 2.24) is 4.90 Å². The number of ether oxygens (including phenoxy) is 1. The Morgan fingerprint density at radius 1 is 1.75 bits per heavy atom. The van der Waals surface area contributed by atoms with Crippen molar-refractivity contribution >= 4 is 23.5 Å². The van der Waals surface area contributed by atoms with Gasteiger partial charge in [-0.05, 0) is 0 Å². The summed E-state index contributed by atoms with van der Waals surface area (Å²) in [5.74, 6) is -1.05. The molecule has 4 nitrogen and oxygen atoms in total. The number of esters is 1. The number of carbonyl (C=O) groups excluding carboxylic acids is 2. The fourth-order valence-electron chi connectivity index (χ4n) is 1.18. The van der Waals surface area contributed by atoms with E-state index in [1.165, 1.54) is 12.0 Å². The molecule has 1 rings (SSSR count). The fourth-order valence-corrected chi connectivity index (χ4v) is 1.49. The van der Waals surface area contributed by atoms with Crippen molar-refractivity contribution in [2.75, 3.05) is 20.7 Å². The molecule has 0 aliphatic carbocycles. The lowest BCUT2D eigenvalue weighted by Gasteiger charge is -2.15. The van der Waals surface area contributed by atoms with Crippen molar-refractivity contribution in [3.8, 4) is 0 Å². The van der Waals surface area contributed by atoms with Crippen LogP contribution in [0.2, 0.25) is 0 Å². The maximum Gasteiger partial charge on any atom is 0.336 e. The van der Waals surface area contributed by atoms with Crippen molar-refractivity contribution < 1.29 is 14.3 Å². The van der Waals surface area contributed by atoms with Gasteiger partial charge in [0.1, 0.15) is 0 Å². The number of hydrogen-bond acceptors (Lipinski definition) is 3. The smallest absolute Gasteiger partial charge is 0.336 e. The predicted octanol–water partition coefficient (Wildman–Crippen LogP) is -0.000900. The number of alkyl halides is 1. The summed E-state index contributed by atoms with van der Waals surface area (Å²) in [5.41, 5.74) is 0. The molecule has 0 aromatic rings. The van der Waals surface area contributed by atoms with Gasteiger partial charge in [-0.25, -0.2) is 4.79 Å². The van der Waals surface area contributed by atoms with Crippen LogP contribution in [-0.4, -0.2) is 42.4 Å². The van der Waals surface area contributed by atoms with Crippen LogP contribution in [0.25, 0.3) is 0 Å². The molecule has 1 unspecified atom stereocenters. The van der Waals surface area contributed by atoms with Crippen molar-refractivity contribution in [3.05, 3.63) is 0 Å². The first kappa shape index (κ1) is 9.32. The van der Waals surface area contributed by atoms with Gasteiger partial charge in [0.15, 0.2) is 0 Å². The summed E-state index contributed by atoms with van der Waals surface area (Å²) in [6.07, 6.45) is 0.316. The zero-order chi connectivity index (χ0) is 9.35. The maximum atomic E-state index is 11.3. The fraction of sp³-hybridized carbons (Fsp3) is 0.714. The number of halogens is 1. The second-order valence-electron chi connectivity index (χ2n) is 2.77. The van der Waals surface area contributed by atoms with Gasteiger partial charge in [-0.15, -0.1) is 0 Å². The number of amides is 1. The molecule has 1 aliphatic rings. The van der Waals surface area contributed by atoms with Crippen LogP contribution in [0.5, 0.6) is 0 Å². The second-order valence-corrected chi connectivity index (χ2v) is 3.41. The third-order valence-corrected chi connectivity index (χ3v) is 2.49. The van der Waals surface area contributed by atoms with Crippen LogP contribution in [0.3, 0.4) is 0 Å². The molecule has 1 fully saturated rings. The first-order valence-corrected chi connectivity index (χ1v) is 3.93. The predicted molar refractivity (Wildman–Crippen MR) is 42.9 cm³/mol. The third kappa shape index (κ3) is 1.16. The van der Waals surface area contributed by atoms with Gasteiger partial charge in [-0.3, -0.25) is 4.79 Å². The van der Waals surface area contributed by atoms with E-state index in [0.717, 1.165) is 0 Å². The van der Waals surface area contributed by atoms with Crippen molar-refractivity contribution in [2.45, 2.75) is 11.3 Å². The molecule has 0 aromatic heterocycles. The molecule has 0 spiro atoms. The van der Waals surface area contributed by atoms with E-state index in [1.54, 1.807) is 7.05 Å². The molecule has 1 atom stereocenters. The number of hydrogen-bond donors (Lipinski definition) is 0. The summed E-state index contributed by atoms with van der Waals surface area (Å²) in [6, 6.07) is 0. The van der Waals surface area contributed by atoms with Crippen LogP contribution >= 0.6 is 11.6 Å². The van der Waals surface area contributed by atoms with Gasteiger partial charge in [-0.1, -0.05) is 11.6 Å². The van der Waals surface area contributed by atoms with Crippen LogP contribution in [0.1, 0.15) is 6.42 Å². The minimum absolute atomic E-state index is 0.316. The molecule has 0 saturated carbocycles. The third-order valence-electron chi connectivity index (χ3n) is 1.99. The van der Waals surface area contributed by atoms with E-state index < -0.39 is 10.8 Å². The highest BCUT2D eigenvalue weighted by Crippen LogP contribution is 2.29. The molecule has 1 heterocycles. The molecule has 12 heavy (non-hydrogen) atoms. The average molecular weight is 192 g/mol. The standard InChI is InChI=1S/C7H10ClNO3/c1-9-4-3-7(8,5(9)10)6(11)12-2/h3-4H2,1-2H3. The summed E-state index contributed by atoms with van der Waals surface area (Å²) in [7, 11) is 2.83. The highest BCUT2D eigenvalue weighted by molar-refractivity contribution is 6.46. The van der Waals surface area contributed by atoms with E-state index in [9.17, 15) is 9.59 Å². The highest BCUT2D eigenvalue weighted by atomic mass is 35.5. The summed E-state index contributed by atoms with van der Waals surface area (Å²) in [5, 5.41) is 0. The molecule has 0 bridgehead atoms. The minimum atomic E-state index is -1.47. The molecule has 0 aromatic carbocycles. The number of methoxy groups -OCH3 is 1. The van der Waals surface area contributed by atoms with Crippen LogP contribution in [0, 0.1) is 0 Å². The molecule has 5 heteroatoms. The normalized spacial score (nSPS) is 29.2. The van der Waals surface area contributed by atoms with E-state index in [2.05, 4.69) is 4.74 Å². The molecular formula is C7H10ClNO3. The van der Waals surface area contributed by atoms with Gasteiger partial charge in [0.05, 0.1) is 7.11 Å². The molecule has 68 valence electrons. The van der Waals surface area contributed by atoms with Gasteiger partial charge in [0, 0.05) is 20.0 Å². The molecule has 0 radical (unpaired) electrons. The lowest BCUT2D eigenvalue weighted by Crippen LogP contribution is -2.41. The zero-order valence-electron chi connectivity index (χ0n) is 6.96.